The monoisotopic (exact) mass is 250 g/mol. The van der Waals surface area contributed by atoms with Crippen LogP contribution in [-0.2, 0) is 6.42 Å². The maximum Gasteiger partial charge on any atom is 0.128 e. The van der Waals surface area contributed by atoms with Gasteiger partial charge in [-0.25, -0.2) is 4.39 Å². The van der Waals surface area contributed by atoms with Crippen LogP contribution in [0.1, 0.15) is 38.7 Å². The fraction of sp³-hybridized carbons (Fsp3) is 0.600. The molecule has 0 aromatic heterocycles. The van der Waals surface area contributed by atoms with Crippen LogP contribution in [0.2, 0.25) is 0 Å². The van der Waals surface area contributed by atoms with Crippen LogP contribution in [0.25, 0.3) is 0 Å². The van der Waals surface area contributed by atoms with E-state index in [2.05, 4.69) is 18.7 Å². The second kappa shape index (κ2) is 5.70. The van der Waals surface area contributed by atoms with Gasteiger partial charge in [-0.05, 0) is 51.3 Å². The van der Waals surface area contributed by atoms with E-state index in [9.17, 15) is 4.39 Å². The molecule has 2 nitrogen and oxygen atoms in total. The predicted molar refractivity (Wildman–Crippen MR) is 74.4 cm³/mol. The Morgan fingerprint density at radius 3 is 2.83 bits per heavy atom. The minimum Gasteiger partial charge on any atom is -0.366 e. The largest absolute Gasteiger partial charge is 0.366 e. The number of hydrogen-bond acceptors (Lipinski definition) is 2. The highest BCUT2D eigenvalue weighted by Gasteiger charge is 2.31. The lowest BCUT2D eigenvalue weighted by atomic mass is 10.1. The van der Waals surface area contributed by atoms with Crippen molar-refractivity contribution in [2.24, 2.45) is 5.73 Å². The predicted octanol–water partition coefficient (Wildman–Crippen LogP) is 3.09. The van der Waals surface area contributed by atoms with E-state index >= 15 is 0 Å². The first-order valence-electron chi connectivity index (χ1n) is 6.94. The lowest BCUT2D eigenvalue weighted by molar-refractivity contribution is 0.594. The van der Waals surface area contributed by atoms with Crippen LogP contribution in [0.5, 0.6) is 0 Å². The lowest BCUT2D eigenvalue weighted by Gasteiger charge is -2.32. The van der Waals surface area contributed by atoms with Gasteiger partial charge in [0.15, 0.2) is 0 Å². The zero-order valence-corrected chi connectivity index (χ0v) is 11.3. The van der Waals surface area contributed by atoms with Crippen LogP contribution in [0.15, 0.2) is 18.2 Å². The molecule has 100 valence electrons. The lowest BCUT2D eigenvalue weighted by Crippen LogP contribution is -2.35. The topological polar surface area (TPSA) is 29.3 Å². The van der Waals surface area contributed by atoms with Gasteiger partial charge >= 0.3 is 0 Å². The van der Waals surface area contributed by atoms with E-state index in [1.807, 2.05) is 12.1 Å². The zero-order chi connectivity index (χ0) is 13.1. The summed E-state index contributed by atoms with van der Waals surface area (Å²) in [5.41, 5.74) is 7.45. The average Bonchev–Trinajstić information content (AvgIpc) is 2.73. The summed E-state index contributed by atoms with van der Waals surface area (Å²) in [6, 6.07) is 6.42. The molecule has 2 unspecified atom stereocenters. The summed E-state index contributed by atoms with van der Waals surface area (Å²) in [7, 11) is 0. The molecule has 0 radical (unpaired) electrons. The first-order valence-corrected chi connectivity index (χ1v) is 6.94. The molecule has 1 aliphatic rings. The van der Waals surface area contributed by atoms with E-state index in [1.165, 1.54) is 18.9 Å². The van der Waals surface area contributed by atoms with Gasteiger partial charge in [0, 0.05) is 23.3 Å². The molecule has 3 heteroatoms. The number of hydrogen-bond donors (Lipinski definition) is 1. The van der Waals surface area contributed by atoms with Gasteiger partial charge in [0.25, 0.3) is 0 Å². The summed E-state index contributed by atoms with van der Waals surface area (Å²) in [5, 5.41) is 0. The summed E-state index contributed by atoms with van der Waals surface area (Å²) in [5.74, 6) is -0.119. The van der Waals surface area contributed by atoms with Crippen molar-refractivity contribution in [1.82, 2.24) is 0 Å². The van der Waals surface area contributed by atoms with Crippen LogP contribution >= 0.6 is 0 Å². The van der Waals surface area contributed by atoms with Crippen molar-refractivity contribution in [1.29, 1.82) is 0 Å². The number of nitrogens with two attached hydrogens (primary N) is 1. The minimum absolute atomic E-state index is 0.119. The Balaban J connectivity index is 2.39. The van der Waals surface area contributed by atoms with Gasteiger partial charge in [-0.1, -0.05) is 13.0 Å². The molecule has 1 aliphatic heterocycles. The quantitative estimate of drug-likeness (QED) is 0.889. The van der Waals surface area contributed by atoms with Gasteiger partial charge in [-0.3, -0.25) is 0 Å². The molecule has 0 amide bonds. The van der Waals surface area contributed by atoms with Crippen LogP contribution in [0.3, 0.4) is 0 Å². The van der Waals surface area contributed by atoms with E-state index in [0.29, 0.717) is 25.0 Å². The third kappa shape index (κ3) is 2.37. The minimum atomic E-state index is -0.119. The van der Waals surface area contributed by atoms with Crippen LogP contribution in [0, 0.1) is 5.82 Å². The molecule has 1 aromatic rings. The van der Waals surface area contributed by atoms with Gasteiger partial charge in [0.1, 0.15) is 5.82 Å². The molecule has 2 atom stereocenters. The van der Waals surface area contributed by atoms with Gasteiger partial charge in [0.2, 0.25) is 0 Å². The standard InChI is InChI=1S/C15H23FN2/c1-3-12-8-7-11(2)18(12)15-6-4-5-14(16)13(15)9-10-17/h4-6,11-12H,3,7-10,17H2,1-2H3. The van der Waals surface area contributed by atoms with E-state index in [1.54, 1.807) is 0 Å². The Morgan fingerprint density at radius 1 is 1.39 bits per heavy atom. The SMILES string of the molecule is CCC1CCC(C)N1c1cccc(F)c1CCN. The fourth-order valence-corrected chi connectivity index (χ4v) is 3.09. The van der Waals surface area contributed by atoms with E-state index in [0.717, 1.165) is 17.7 Å². The highest BCUT2D eigenvalue weighted by Crippen LogP contribution is 2.35. The molecule has 1 aromatic carbocycles. The highest BCUT2D eigenvalue weighted by atomic mass is 19.1. The summed E-state index contributed by atoms with van der Waals surface area (Å²) in [4.78, 5) is 2.40. The third-order valence-corrected chi connectivity index (χ3v) is 4.02. The molecule has 1 saturated heterocycles. The molecule has 0 spiro atoms. The summed E-state index contributed by atoms with van der Waals surface area (Å²) < 4.78 is 14.0. The van der Waals surface area contributed by atoms with E-state index in [-0.39, 0.29) is 5.82 Å². The molecule has 0 bridgehead atoms. The van der Waals surface area contributed by atoms with Crippen molar-refractivity contribution in [3.05, 3.63) is 29.6 Å². The molecule has 1 heterocycles. The van der Waals surface area contributed by atoms with Gasteiger partial charge in [0.05, 0.1) is 0 Å². The Bertz CT molecular complexity index is 405. The van der Waals surface area contributed by atoms with Gasteiger partial charge < -0.3 is 10.6 Å². The third-order valence-electron chi connectivity index (χ3n) is 4.02. The van der Waals surface area contributed by atoms with Crippen LogP contribution in [-0.4, -0.2) is 18.6 Å². The van der Waals surface area contributed by atoms with Gasteiger partial charge in [-0.15, -0.1) is 0 Å². The summed E-state index contributed by atoms with van der Waals surface area (Å²) in [6.07, 6.45) is 4.12. The molecule has 0 aliphatic carbocycles. The Kier molecular flexibility index (Phi) is 4.23. The van der Waals surface area contributed by atoms with Crippen molar-refractivity contribution < 1.29 is 4.39 Å². The molecule has 2 N–H and O–H groups in total. The summed E-state index contributed by atoms with van der Waals surface area (Å²) in [6.45, 7) is 4.93. The van der Waals surface area contributed by atoms with Gasteiger partial charge in [-0.2, -0.15) is 0 Å². The number of anilines is 1. The Labute approximate surface area is 109 Å². The maximum absolute atomic E-state index is 14.0. The molecule has 18 heavy (non-hydrogen) atoms. The van der Waals surface area contributed by atoms with E-state index in [4.69, 9.17) is 5.73 Å². The van der Waals surface area contributed by atoms with Crippen molar-refractivity contribution in [3.8, 4) is 0 Å². The van der Waals surface area contributed by atoms with Crippen LogP contribution < -0.4 is 10.6 Å². The molecular formula is C15H23FN2. The molecule has 2 rings (SSSR count). The van der Waals surface area contributed by atoms with Crippen molar-refractivity contribution in [2.45, 2.75) is 51.6 Å². The number of rotatable bonds is 4. The molecular weight excluding hydrogens is 227 g/mol. The fourth-order valence-electron chi connectivity index (χ4n) is 3.09. The van der Waals surface area contributed by atoms with E-state index < -0.39 is 0 Å². The Hall–Kier alpha value is -1.09. The number of benzene rings is 1. The Morgan fingerprint density at radius 2 is 2.17 bits per heavy atom. The average molecular weight is 250 g/mol. The second-order valence-electron chi connectivity index (χ2n) is 5.17. The van der Waals surface area contributed by atoms with Crippen molar-refractivity contribution in [2.75, 3.05) is 11.4 Å². The zero-order valence-electron chi connectivity index (χ0n) is 11.3. The summed E-state index contributed by atoms with van der Waals surface area (Å²) >= 11 is 0. The van der Waals surface area contributed by atoms with Crippen molar-refractivity contribution >= 4 is 5.69 Å². The second-order valence-corrected chi connectivity index (χ2v) is 5.17. The van der Waals surface area contributed by atoms with Crippen molar-refractivity contribution in [3.63, 3.8) is 0 Å². The highest BCUT2D eigenvalue weighted by molar-refractivity contribution is 5.56. The smallest absolute Gasteiger partial charge is 0.128 e. The first kappa shape index (κ1) is 13.3. The number of nitrogens with zero attached hydrogens (tertiary/aromatic N) is 1. The first-order chi connectivity index (χ1) is 8.69. The normalized spacial score (nSPS) is 23.7. The molecule has 0 saturated carbocycles. The molecule has 1 fully saturated rings. The van der Waals surface area contributed by atoms with Crippen LogP contribution in [0.4, 0.5) is 10.1 Å². The number of halogens is 1. The maximum atomic E-state index is 14.0.